The number of para-hydroxylation sites is 2. The summed E-state index contributed by atoms with van der Waals surface area (Å²) in [5, 5.41) is 13.8. The molecule has 1 aromatic heterocycles. The molecule has 1 fully saturated rings. The zero-order valence-electron chi connectivity index (χ0n) is 17.1. The number of ether oxygens (including phenoxy) is 1. The van der Waals surface area contributed by atoms with Gasteiger partial charge in [0.2, 0.25) is 11.8 Å². The van der Waals surface area contributed by atoms with Gasteiger partial charge >= 0.3 is 0 Å². The number of aromatic nitrogens is 4. The maximum atomic E-state index is 14.2. The Bertz CT molecular complexity index is 1130. The van der Waals surface area contributed by atoms with Crippen LogP contribution in [0.3, 0.4) is 0 Å². The number of hydrogen-bond acceptors (Lipinski definition) is 6. The SMILES string of the molecule is CCOc1ccccc1N1CC(C(=O)Nc2ccc(F)c(-n3nnnc3C)c2)CC1=O. The molecule has 2 aromatic carbocycles. The molecule has 1 aliphatic rings. The molecule has 3 aromatic rings. The van der Waals surface area contributed by atoms with E-state index in [0.717, 1.165) is 0 Å². The Kier molecular flexibility index (Phi) is 5.61. The molecule has 1 aliphatic heterocycles. The minimum absolute atomic E-state index is 0.0758. The molecule has 1 N–H and O–H groups in total. The topological polar surface area (TPSA) is 102 Å². The molecule has 9 nitrogen and oxygen atoms in total. The summed E-state index contributed by atoms with van der Waals surface area (Å²) in [5.74, 6) is -0.549. The van der Waals surface area contributed by atoms with Crippen LogP contribution in [0.5, 0.6) is 5.75 Å². The number of tetrazole rings is 1. The van der Waals surface area contributed by atoms with E-state index in [-0.39, 0.29) is 30.5 Å². The molecule has 2 amide bonds. The summed E-state index contributed by atoms with van der Waals surface area (Å²) < 4.78 is 21.1. The maximum absolute atomic E-state index is 14.2. The van der Waals surface area contributed by atoms with Gasteiger partial charge in [-0.1, -0.05) is 12.1 Å². The second-order valence-corrected chi connectivity index (χ2v) is 7.10. The second-order valence-electron chi connectivity index (χ2n) is 7.10. The first-order valence-corrected chi connectivity index (χ1v) is 9.86. The number of nitrogens with one attached hydrogen (secondary N) is 1. The molecule has 0 bridgehead atoms. The van der Waals surface area contributed by atoms with E-state index in [2.05, 4.69) is 20.8 Å². The fourth-order valence-corrected chi connectivity index (χ4v) is 3.53. The van der Waals surface area contributed by atoms with Crippen molar-refractivity contribution in [1.82, 2.24) is 20.2 Å². The minimum atomic E-state index is -0.551. The number of carbonyl (C=O) groups is 2. The van der Waals surface area contributed by atoms with Crippen molar-refractivity contribution in [3.05, 3.63) is 54.1 Å². The smallest absolute Gasteiger partial charge is 0.229 e. The summed E-state index contributed by atoms with van der Waals surface area (Å²) in [6.45, 7) is 4.21. The van der Waals surface area contributed by atoms with Crippen LogP contribution in [0.25, 0.3) is 5.69 Å². The molecule has 10 heteroatoms. The highest BCUT2D eigenvalue weighted by Crippen LogP contribution is 2.33. The van der Waals surface area contributed by atoms with Gasteiger partial charge in [0.25, 0.3) is 0 Å². The Balaban J connectivity index is 1.51. The van der Waals surface area contributed by atoms with E-state index in [1.54, 1.807) is 24.0 Å². The largest absolute Gasteiger partial charge is 0.492 e. The van der Waals surface area contributed by atoms with Crippen LogP contribution in [0.1, 0.15) is 19.2 Å². The van der Waals surface area contributed by atoms with Gasteiger partial charge in [0.05, 0.1) is 18.2 Å². The number of hydrogen-bond donors (Lipinski definition) is 1. The molecule has 4 rings (SSSR count). The quantitative estimate of drug-likeness (QED) is 0.652. The molecule has 0 radical (unpaired) electrons. The van der Waals surface area contributed by atoms with Gasteiger partial charge in [-0.25, -0.2) is 4.39 Å². The summed E-state index contributed by atoms with van der Waals surface area (Å²) in [6, 6.07) is 11.4. The van der Waals surface area contributed by atoms with Gasteiger partial charge in [-0.05, 0) is 54.6 Å². The number of benzene rings is 2. The highest BCUT2D eigenvalue weighted by Gasteiger charge is 2.36. The van der Waals surface area contributed by atoms with Crippen LogP contribution in [0.4, 0.5) is 15.8 Å². The monoisotopic (exact) mass is 424 g/mol. The number of aryl methyl sites for hydroxylation is 1. The Labute approximate surface area is 177 Å². The molecule has 1 unspecified atom stereocenters. The van der Waals surface area contributed by atoms with Gasteiger partial charge in [0.15, 0.2) is 5.82 Å². The second kappa shape index (κ2) is 8.50. The first-order chi connectivity index (χ1) is 15.0. The summed E-state index contributed by atoms with van der Waals surface area (Å²) in [5.41, 5.74) is 1.15. The van der Waals surface area contributed by atoms with Crippen molar-refractivity contribution in [1.29, 1.82) is 0 Å². The van der Waals surface area contributed by atoms with E-state index >= 15 is 0 Å². The Hall–Kier alpha value is -3.82. The van der Waals surface area contributed by atoms with Crippen LogP contribution in [0.15, 0.2) is 42.5 Å². The van der Waals surface area contributed by atoms with Crippen molar-refractivity contribution in [2.75, 3.05) is 23.4 Å². The fraction of sp³-hybridized carbons (Fsp3) is 0.286. The molecule has 31 heavy (non-hydrogen) atoms. The van der Waals surface area contributed by atoms with Crippen molar-refractivity contribution >= 4 is 23.2 Å². The average molecular weight is 424 g/mol. The molecule has 2 heterocycles. The fourth-order valence-electron chi connectivity index (χ4n) is 3.53. The lowest BCUT2D eigenvalue weighted by molar-refractivity contribution is -0.122. The standard InChI is InChI=1S/C21H21FN6O3/c1-3-31-19-7-5-4-6-17(19)27-12-14(10-20(27)29)21(30)23-15-8-9-16(22)18(11-15)28-13(2)24-25-26-28/h4-9,11,14H,3,10,12H2,1-2H3,(H,23,30). The van der Waals surface area contributed by atoms with Gasteiger partial charge in [0.1, 0.15) is 17.3 Å². The summed E-state index contributed by atoms with van der Waals surface area (Å²) in [7, 11) is 0. The number of rotatable bonds is 6. The van der Waals surface area contributed by atoms with E-state index in [4.69, 9.17) is 4.74 Å². The van der Waals surface area contributed by atoms with E-state index in [1.807, 2.05) is 19.1 Å². The Morgan fingerprint density at radius 1 is 1.26 bits per heavy atom. The molecule has 0 saturated carbocycles. The van der Waals surface area contributed by atoms with Gasteiger partial charge < -0.3 is 15.0 Å². The van der Waals surface area contributed by atoms with Crippen LogP contribution < -0.4 is 15.0 Å². The van der Waals surface area contributed by atoms with Gasteiger partial charge in [-0.15, -0.1) is 5.10 Å². The summed E-state index contributed by atoms with van der Waals surface area (Å²) in [4.78, 5) is 27.0. The molecule has 1 atom stereocenters. The van der Waals surface area contributed by atoms with Crippen molar-refractivity contribution in [3.63, 3.8) is 0 Å². The van der Waals surface area contributed by atoms with E-state index < -0.39 is 11.7 Å². The predicted octanol–water partition coefficient (Wildman–Crippen LogP) is 2.50. The highest BCUT2D eigenvalue weighted by atomic mass is 19.1. The molecule has 0 spiro atoms. The van der Waals surface area contributed by atoms with Crippen LogP contribution in [0.2, 0.25) is 0 Å². The van der Waals surface area contributed by atoms with E-state index in [0.29, 0.717) is 29.6 Å². The number of halogens is 1. The third-order valence-electron chi connectivity index (χ3n) is 5.02. The summed E-state index contributed by atoms with van der Waals surface area (Å²) >= 11 is 0. The van der Waals surface area contributed by atoms with Crippen molar-refractivity contribution in [2.45, 2.75) is 20.3 Å². The van der Waals surface area contributed by atoms with Gasteiger partial charge in [-0.3, -0.25) is 9.59 Å². The average Bonchev–Trinajstić information content (AvgIpc) is 3.36. The first kappa shape index (κ1) is 20.5. The zero-order chi connectivity index (χ0) is 22.0. The van der Waals surface area contributed by atoms with Crippen molar-refractivity contribution in [3.8, 4) is 11.4 Å². The van der Waals surface area contributed by atoms with E-state index in [1.165, 1.54) is 22.9 Å². The minimum Gasteiger partial charge on any atom is -0.492 e. The van der Waals surface area contributed by atoms with Crippen LogP contribution in [-0.2, 0) is 9.59 Å². The van der Waals surface area contributed by atoms with Crippen molar-refractivity contribution < 1.29 is 18.7 Å². The number of nitrogens with zero attached hydrogens (tertiary/aromatic N) is 5. The Morgan fingerprint density at radius 3 is 2.81 bits per heavy atom. The third-order valence-corrected chi connectivity index (χ3v) is 5.02. The number of anilines is 2. The maximum Gasteiger partial charge on any atom is 0.229 e. The van der Waals surface area contributed by atoms with Gasteiger partial charge in [-0.2, -0.15) is 4.68 Å². The summed E-state index contributed by atoms with van der Waals surface area (Å²) in [6.07, 6.45) is 0.0758. The zero-order valence-corrected chi connectivity index (χ0v) is 17.1. The normalized spacial score (nSPS) is 15.9. The molecular formula is C21H21FN6O3. The van der Waals surface area contributed by atoms with Crippen LogP contribution in [0, 0.1) is 18.7 Å². The predicted molar refractivity (Wildman–Crippen MR) is 111 cm³/mol. The first-order valence-electron chi connectivity index (χ1n) is 9.86. The van der Waals surface area contributed by atoms with Gasteiger partial charge in [0, 0.05) is 18.7 Å². The van der Waals surface area contributed by atoms with Crippen molar-refractivity contribution in [2.24, 2.45) is 5.92 Å². The molecule has 0 aliphatic carbocycles. The van der Waals surface area contributed by atoms with Crippen LogP contribution in [-0.4, -0.2) is 45.2 Å². The lowest BCUT2D eigenvalue weighted by Crippen LogP contribution is -2.28. The lowest BCUT2D eigenvalue weighted by atomic mass is 10.1. The molecule has 160 valence electrons. The molecule has 1 saturated heterocycles. The van der Waals surface area contributed by atoms with E-state index in [9.17, 15) is 14.0 Å². The Morgan fingerprint density at radius 2 is 2.06 bits per heavy atom. The third kappa shape index (κ3) is 4.09. The lowest BCUT2D eigenvalue weighted by Gasteiger charge is -2.20. The number of amides is 2. The highest BCUT2D eigenvalue weighted by molar-refractivity contribution is 6.04. The van der Waals surface area contributed by atoms with Crippen LogP contribution >= 0.6 is 0 Å². The molecular weight excluding hydrogens is 403 g/mol. The number of carbonyl (C=O) groups excluding carboxylic acids is 2.